The van der Waals surface area contributed by atoms with Gasteiger partial charge in [0.1, 0.15) is 5.52 Å². The van der Waals surface area contributed by atoms with Crippen molar-refractivity contribution in [1.82, 2.24) is 25.1 Å². The molecule has 3 aromatic heterocycles. The predicted octanol–water partition coefficient (Wildman–Crippen LogP) is 5.12. The summed E-state index contributed by atoms with van der Waals surface area (Å²) in [5.74, 6) is -0.00496. The average molecular weight is 497 g/mol. The predicted molar refractivity (Wildman–Crippen MR) is 124 cm³/mol. The molecule has 0 atom stereocenters. The van der Waals surface area contributed by atoms with Gasteiger partial charge in [-0.15, -0.1) is 21.5 Å². The van der Waals surface area contributed by atoms with E-state index in [-0.39, 0.29) is 11.7 Å². The summed E-state index contributed by atoms with van der Waals surface area (Å²) in [7, 11) is 0. The van der Waals surface area contributed by atoms with Gasteiger partial charge in [0, 0.05) is 26.3 Å². The molecule has 5 rings (SSSR count). The second kappa shape index (κ2) is 8.13. The molecule has 2 N–H and O–H groups in total. The summed E-state index contributed by atoms with van der Waals surface area (Å²) in [5, 5.41) is 15.1. The average Bonchev–Trinajstić information content (AvgIpc) is 3.36. The van der Waals surface area contributed by atoms with Crippen LogP contribution in [0.15, 0.2) is 63.5 Å². The number of thioether (sulfide) groups is 1. The lowest BCUT2D eigenvalue weighted by molar-refractivity contribution is -0.113. The number of hydrogen-bond acceptors (Lipinski definition) is 7. The van der Waals surface area contributed by atoms with E-state index in [1.54, 1.807) is 0 Å². The van der Waals surface area contributed by atoms with E-state index in [1.165, 1.54) is 23.1 Å². The Labute approximate surface area is 187 Å². The summed E-state index contributed by atoms with van der Waals surface area (Å²) in [5.41, 5.74) is 4.15. The van der Waals surface area contributed by atoms with Crippen LogP contribution >= 0.6 is 39.0 Å². The van der Waals surface area contributed by atoms with Crippen molar-refractivity contribution >= 4 is 72.1 Å². The van der Waals surface area contributed by atoms with Crippen molar-refractivity contribution in [1.29, 1.82) is 0 Å². The Morgan fingerprint density at radius 1 is 1.13 bits per heavy atom. The monoisotopic (exact) mass is 496 g/mol. The SMILES string of the molecule is O=C(CSc1nnc2c(n1)[nH]c1ccccc12)Nc1nc(-c2cccc(Br)c2)cs1. The van der Waals surface area contributed by atoms with Crippen LogP contribution in [0.1, 0.15) is 0 Å². The molecule has 7 nitrogen and oxygen atoms in total. The van der Waals surface area contributed by atoms with E-state index in [4.69, 9.17) is 0 Å². The molecular weight excluding hydrogens is 484 g/mol. The molecular formula is C20H13BrN6OS2. The van der Waals surface area contributed by atoms with Crippen LogP contribution < -0.4 is 5.32 Å². The number of nitrogens with one attached hydrogen (secondary N) is 2. The van der Waals surface area contributed by atoms with Crippen LogP contribution in [0.4, 0.5) is 5.13 Å². The first-order chi connectivity index (χ1) is 14.7. The van der Waals surface area contributed by atoms with Gasteiger partial charge in [0.2, 0.25) is 11.1 Å². The highest BCUT2D eigenvalue weighted by molar-refractivity contribution is 9.10. The molecule has 0 radical (unpaired) electrons. The molecule has 1 amide bonds. The molecule has 0 aliphatic carbocycles. The normalized spacial score (nSPS) is 11.2. The van der Waals surface area contributed by atoms with Gasteiger partial charge in [0.25, 0.3) is 0 Å². The number of para-hydroxylation sites is 1. The van der Waals surface area contributed by atoms with Gasteiger partial charge < -0.3 is 10.3 Å². The number of anilines is 1. The minimum absolute atomic E-state index is 0.166. The lowest BCUT2D eigenvalue weighted by Crippen LogP contribution is -2.14. The number of aromatic nitrogens is 5. The summed E-state index contributed by atoms with van der Waals surface area (Å²) < 4.78 is 0.982. The van der Waals surface area contributed by atoms with Crippen molar-refractivity contribution in [2.45, 2.75) is 5.16 Å². The number of halogens is 1. The third-order valence-electron chi connectivity index (χ3n) is 4.31. The fourth-order valence-electron chi connectivity index (χ4n) is 2.96. The van der Waals surface area contributed by atoms with Crippen molar-refractivity contribution in [3.63, 3.8) is 0 Å². The number of benzene rings is 2. The summed E-state index contributed by atoms with van der Waals surface area (Å²) >= 11 is 6.08. The zero-order valence-corrected chi connectivity index (χ0v) is 18.5. The van der Waals surface area contributed by atoms with E-state index in [0.717, 1.165) is 32.1 Å². The van der Waals surface area contributed by atoms with E-state index in [9.17, 15) is 4.79 Å². The van der Waals surface area contributed by atoms with Crippen molar-refractivity contribution in [3.05, 3.63) is 58.4 Å². The van der Waals surface area contributed by atoms with Crippen LogP contribution in [0, 0.1) is 0 Å². The van der Waals surface area contributed by atoms with Crippen LogP contribution in [-0.2, 0) is 4.79 Å². The maximum Gasteiger partial charge on any atom is 0.236 e. The zero-order valence-electron chi connectivity index (χ0n) is 15.3. The highest BCUT2D eigenvalue weighted by atomic mass is 79.9. The highest BCUT2D eigenvalue weighted by Crippen LogP contribution is 2.27. The summed E-state index contributed by atoms with van der Waals surface area (Å²) in [6.07, 6.45) is 0. The van der Waals surface area contributed by atoms with Crippen molar-refractivity contribution < 1.29 is 4.79 Å². The molecule has 5 aromatic rings. The first-order valence-electron chi connectivity index (χ1n) is 8.91. The standard InChI is InChI=1S/C20H13BrN6OS2/c21-12-5-3-4-11(8-12)15-9-29-19(23-15)24-16(28)10-30-20-25-18-17(26-27-20)13-6-1-2-7-14(13)22-18/h1-9H,10H2,(H,22,25,27)(H,23,24,28). The minimum atomic E-state index is -0.171. The van der Waals surface area contributed by atoms with Crippen LogP contribution in [0.5, 0.6) is 0 Å². The molecule has 0 bridgehead atoms. The number of hydrogen-bond donors (Lipinski definition) is 2. The number of carbonyl (C=O) groups is 1. The molecule has 0 saturated carbocycles. The Morgan fingerprint density at radius 2 is 2.03 bits per heavy atom. The van der Waals surface area contributed by atoms with E-state index < -0.39 is 0 Å². The second-order valence-electron chi connectivity index (χ2n) is 6.35. The van der Waals surface area contributed by atoms with Crippen molar-refractivity contribution in [3.8, 4) is 11.3 Å². The Hall–Kier alpha value is -2.82. The molecule has 3 heterocycles. The quantitative estimate of drug-likeness (QED) is 0.327. The number of rotatable bonds is 5. The molecule has 148 valence electrons. The topological polar surface area (TPSA) is 96.5 Å². The number of amides is 1. The number of aromatic amines is 1. The minimum Gasteiger partial charge on any atom is -0.338 e. The smallest absolute Gasteiger partial charge is 0.236 e. The van der Waals surface area contributed by atoms with E-state index in [2.05, 4.69) is 46.4 Å². The molecule has 0 saturated heterocycles. The highest BCUT2D eigenvalue weighted by Gasteiger charge is 2.12. The van der Waals surface area contributed by atoms with Crippen molar-refractivity contribution in [2.75, 3.05) is 11.1 Å². The van der Waals surface area contributed by atoms with Crippen LogP contribution in [-0.4, -0.2) is 36.8 Å². The Morgan fingerprint density at radius 3 is 2.93 bits per heavy atom. The lowest BCUT2D eigenvalue weighted by Gasteiger charge is -2.01. The number of fused-ring (bicyclic) bond motifs is 3. The lowest BCUT2D eigenvalue weighted by atomic mass is 10.2. The third kappa shape index (κ3) is 3.93. The Balaban J connectivity index is 1.25. The van der Waals surface area contributed by atoms with Crippen molar-refractivity contribution in [2.24, 2.45) is 0 Å². The largest absolute Gasteiger partial charge is 0.338 e. The summed E-state index contributed by atoms with van der Waals surface area (Å²) in [6, 6.07) is 15.7. The second-order valence-corrected chi connectivity index (χ2v) is 9.06. The number of thiazole rings is 1. The van der Waals surface area contributed by atoms with E-state index in [0.29, 0.717) is 15.9 Å². The molecule has 10 heteroatoms. The molecule has 0 fully saturated rings. The molecule has 2 aromatic carbocycles. The molecule has 0 aliphatic rings. The Kier molecular flexibility index (Phi) is 5.19. The Bertz CT molecular complexity index is 1380. The van der Waals surface area contributed by atoms with Crippen LogP contribution in [0.2, 0.25) is 0 Å². The zero-order chi connectivity index (χ0) is 20.5. The first-order valence-corrected chi connectivity index (χ1v) is 11.6. The van der Waals surface area contributed by atoms with Crippen LogP contribution in [0.3, 0.4) is 0 Å². The maximum atomic E-state index is 12.3. The molecule has 0 unspecified atom stereocenters. The number of H-pyrrole nitrogens is 1. The number of nitrogens with zero attached hydrogens (tertiary/aromatic N) is 4. The summed E-state index contributed by atoms with van der Waals surface area (Å²) in [4.78, 5) is 24.5. The molecule has 0 aliphatic heterocycles. The van der Waals surface area contributed by atoms with Gasteiger partial charge in [-0.2, -0.15) is 0 Å². The van der Waals surface area contributed by atoms with Crippen LogP contribution in [0.25, 0.3) is 33.3 Å². The summed E-state index contributed by atoms with van der Waals surface area (Å²) in [6.45, 7) is 0. The fraction of sp³-hybridized carbons (Fsp3) is 0.0500. The van der Waals surface area contributed by atoms with Gasteiger partial charge in [-0.05, 0) is 18.2 Å². The first kappa shape index (κ1) is 19.2. The van der Waals surface area contributed by atoms with Gasteiger partial charge in [-0.1, -0.05) is 58.0 Å². The van der Waals surface area contributed by atoms with E-state index in [1.807, 2.05) is 53.9 Å². The van der Waals surface area contributed by atoms with Gasteiger partial charge in [0.15, 0.2) is 10.8 Å². The van der Waals surface area contributed by atoms with Gasteiger partial charge in [-0.3, -0.25) is 4.79 Å². The van der Waals surface area contributed by atoms with Gasteiger partial charge in [-0.25, -0.2) is 9.97 Å². The van der Waals surface area contributed by atoms with E-state index >= 15 is 0 Å². The number of carbonyl (C=O) groups excluding carboxylic acids is 1. The molecule has 0 spiro atoms. The molecule has 30 heavy (non-hydrogen) atoms. The van der Waals surface area contributed by atoms with Gasteiger partial charge in [0.05, 0.1) is 11.4 Å². The van der Waals surface area contributed by atoms with Gasteiger partial charge >= 0.3 is 0 Å². The maximum absolute atomic E-state index is 12.3. The fourth-order valence-corrected chi connectivity index (χ4v) is 4.69. The third-order valence-corrected chi connectivity index (χ3v) is 6.39.